The zero-order chi connectivity index (χ0) is 12.0. The highest BCUT2D eigenvalue weighted by molar-refractivity contribution is 7.80. The lowest BCUT2D eigenvalue weighted by molar-refractivity contribution is -0.155. The first kappa shape index (κ1) is 13.8. The van der Waals surface area contributed by atoms with Crippen LogP contribution in [0.15, 0.2) is 0 Å². The Labute approximate surface area is 104 Å². The maximum absolute atomic E-state index is 11.7. The maximum Gasteiger partial charge on any atom is 0.323 e. The molecule has 0 amide bonds. The third-order valence-electron chi connectivity index (χ3n) is 3.37. The van der Waals surface area contributed by atoms with E-state index in [0.717, 1.165) is 19.3 Å². The fraction of sp³-hybridized carbons (Fsp3) is 0.917. The fourth-order valence-electron chi connectivity index (χ4n) is 2.29. The average Bonchev–Trinajstić information content (AvgIpc) is 2.30. The molecule has 2 N–H and O–H groups in total. The van der Waals surface area contributed by atoms with E-state index in [1.165, 1.54) is 12.8 Å². The van der Waals surface area contributed by atoms with Crippen LogP contribution >= 0.6 is 12.6 Å². The summed E-state index contributed by atoms with van der Waals surface area (Å²) in [6.45, 7) is 2.16. The first-order valence-corrected chi connectivity index (χ1v) is 6.89. The largest absolute Gasteiger partial charge is 0.461 e. The summed E-state index contributed by atoms with van der Waals surface area (Å²) in [5.74, 6) is 0.901. The van der Waals surface area contributed by atoms with Crippen LogP contribution in [0.3, 0.4) is 0 Å². The van der Waals surface area contributed by atoms with Gasteiger partial charge >= 0.3 is 5.97 Å². The molecular formula is C12H23NO2S. The van der Waals surface area contributed by atoms with E-state index in [-0.39, 0.29) is 12.1 Å². The van der Waals surface area contributed by atoms with Crippen LogP contribution in [0.5, 0.6) is 0 Å². The highest BCUT2D eigenvalue weighted by atomic mass is 32.1. The Bertz CT molecular complexity index is 223. The van der Waals surface area contributed by atoms with E-state index in [4.69, 9.17) is 10.5 Å². The molecule has 3 atom stereocenters. The Hall–Kier alpha value is -0.220. The fourth-order valence-corrected chi connectivity index (χ4v) is 2.57. The molecule has 4 heteroatoms. The lowest BCUT2D eigenvalue weighted by Gasteiger charge is -2.31. The smallest absolute Gasteiger partial charge is 0.323 e. The summed E-state index contributed by atoms with van der Waals surface area (Å²) in [7, 11) is 0. The first-order valence-electron chi connectivity index (χ1n) is 6.26. The molecule has 0 saturated heterocycles. The Morgan fingerprint density at radius 3 is 2.81 bits per heavy atom. The molecule has 0 aromatic heterocycles. The lowest BCUT2D eigenvalue weighted by Crippen LogP contribution is -2.38. The highest BCUT2D eigenvalue weighted by Gasteiger charge is 2.28. The van der Waals surface area contributed by atoms with Crippen LogP contribution in [0.2, 0.25) is 0 Å². The van der Waals surface area contributed by atoms with E-state index >= 15 is 0 Å². The maximum atomic E-state index is 11.7. The average molecular weight is 245 g/mol. The van der Waals surface area contributed by atoms with Gasteiger partial charge in [0.15, 0.2) is 0 Å². The molecule has 1 rings (SSSR count). The van der Waals surface area contributed by atoms with E-state index < -0.39 is 6.04 Å². The minimum atomic E-state index is -0.503. The van der Waals surface area contributed by atoms with Crippen molar-refractivity contribution >= 4 is 18.6 Å². The number of carbonyl (C=O) groups excluding carboxylic acids is 1. The van der Waals surface area contributed by atoms with Gasteiger partial charge in [-0.15, -0.1) is 0 Å². The van der Waals surface area contributed by atoms with Gasteiger partial charge < -0.3 is 10.5 Å². The summed E-state index contributed by atoms with van der Waals surface area (Å²) in [5.41, 5.74) is 5.71. The number of hydrogen-bond donors (Lipinski definition) is 2. The van der Waals surface area contributed by atoms with Gasteiger partial charge in [-0.05, 0) is 43.8 Å². The molecule has 1 saturated carbocycles. The van der Waals surface area contributed by atoms with Gasteiger partial charge in [-0.1, -0.05) is 13.3 Å². The topological polar surface area (TPSA) is 52.3 Å². The summed E-state index contributed by atoms with van der Waals surface area (Å²) >= 11 is 4.07. The SMILES string of the molecule is CCC1CCCCC1OC(=O)C(N)CCS. The Kier molecular flexibility index (Phi) is 6.21. The molecule has 0 bridgehead atoms. The zero-order valence-corrected chi connectivity index (χ0v) is 10.9. The molecule has 0 aromatic carbocycles. The molecule has 0 heterocycles. The molecule has 1 fully saturated rings. The number of rotatable bonds is 5. The van der Waals surface area contributed by atoms with Gasteiger partial charge in [0.05, 0.1) is 0 Å². The Morgan fingerprint density at radius 1 is 1.50 bits per heavy atom. The predicted octanol–water partition coefficient (Wildman–Crippen LogP) is 2.15. The summed E-state index contributed by atoms with van der Waals surface area (Å²) in [4.78, 5) is 11.7. The van der Waals surface area contributed by atoms with Crippen molar-refractivity contribution in [2.24, 2.45) is 11.7 Å². The van der Waals surface area contributed by atoms with Crippen molar-refractivity contribution in [3.05, 3.63) is 0 Å². The number of thiol groups is 1. The van der Waals surface area contributed by atoms with Crippen molar-refractivity contribution in [3.8, 4) is 0 Å². The lowest BCUT2D eigenvalue weighted by atomic mass is 9.85. The van der Waals surface area contributed by atoms with Gasteiger partial charge in [0.2, 0.25) is 0 Å². The summed E-state index contributed by atoms with van der Waals surface area (Å²) in [5, 5.41) is 0. The Morgan fingerprint density at radius 2 is 2.19 bits per heavy atom. The van der Waals surface area contributed by atoms with E-state index in [1.54, 1.807) is 0 Å². The number of hydrogen-bond acceptors (Lipinski definition) is 4. The second-order valence-corrected chi connectivity index (χ2v) is 4.99. The molecule has 3 nitrogen and oxygen atoms in total. The molecule has 94 valence electrons. The molecule has 1 aliphatic carbocycles. The van der Waals surface area contributed by atoms with E-state index in [2.05, 4.69) is 19.6 Å². The minimum absolute atomic E-state index is 0.0946. The third kappa shape index (κ3) is 3.98. The quantitative estimate of drug-likeness (QED) is 0.576. The summed E-state index contributed by atoms with van der Waals surface area (Å²) < 4.78 is 5.51. The van der Waals surface area contributed by atoms with Gasteiger partial charge in [-0.3, -0.25) is 4.79 Å². The van der Waals surface area contributed by atoms with Gasteiger partial charge in [-0.25, -0.2) is 0 Å². The Balaban J connectivity index is 2.41. The highest BCUT2D eigenvalue weighted by Crippen LogP contribution is 2.29. The predicted molar refractivity (Wildman–Crippen MR) is 68.6 cm³/mol. The van der Waals surface area contributed by atoms with E-state index in [0.29, 0.717) is 18.1 Å². The van der Waals surface area contributed by atoms with Gasteiger partial charge in [0.25, 0.3) is 0 Å². The van der Waals surface area contributed by atoms with Gasteiger partial charge in [0.1, 0.15) is 12.1 Å². The van der Waals surface area contributed by atoms with Gasteiger partial charge in [-0.2, -0.15) is 12.6 Å². The molecule has 0 spiro atoms. The van der Waals surface area contributed by atoms with Crippen LogP contribution in [-0.4, -0.2) is 23.9 Å². The van der Waals surface area contributed by atoms with Crippen molar-refractivity contribution in [3.63, 3.8) is 0 Å². The summed E-state index contributed by atoms with van der Waals surface area (Å²) in [6, 6.07) is -0.503. The normalized spacial score (nSPS) is 27.4. The number of esters is 1. The number of ether oxygens (including phenoxy) is 1. The first-order chi connectivity index (χ1) is 7.69. The minimum Gasteiger partial charge on any atom is -0.461 e. The number of nitrogens with two attached hydrogens (primary N) is 1. The van der Waals surface area contributed by atoms with Crippen LogP contribution in [0.4, 0.5) is 0 Å². The van der Waals surface area contributed by atoms with Crippen molar-refractivity contribution in [2.45, 2.75) is 57.6 Å². The van der Waals surface area contributed by atoms with Crippen molar-refractivity contribution in [2.75, 3.05) is 5.75 Å². The second kappa shape index (κ2) is 7.17. The molecule has 0 aromatic rings. The van der Waals surface area contributed by atoms with Crippen LogP contribution in [0.25, 0.3) is 0 Å². The van der Waals surface area contributed by atoms with Crippen molar-refractivity contribution in [1.29, 1.82) is 0 Å². The molecule has 0 radical (unpaired) electrons. The van der Waals surface area contributed by atoms with Gasteiger partial charge in [0, 0.05) is 0 Å². The van der Waals surface area contributed by atoms with Crippen LogP contribution in [-0.2, 0) is 9.53 Å². The molecule has 16 heavy (non-hydrogen) atoms. The van der Waals surface area contributed by atoms with Crippen LogP contribution in [0.1, 0.15) is 45.4 Å². The van der Waals surface area contributed by atoms with Crippen LogP contribution in [0, 0.1) is 5.92 Å². The zero-order valence-electron chi connectivity index (χ0n) is 10.0. The van der Waals surface area contributed by atoms with Crippen molar-refractivity contribution < 1.29 is 9.53 Å². The third-order valence-corrected chi connectivity index (χ3v) is 3.63. The molecule has 0 aliphatic heterocycles. The van der Waals surface area contributed by atoms with E-state index in [1.807, 2.05) is 0 Å². The standard InChI is InChI=1S/C12H23NO2S/c1-2-9-5-3-4-6-11(9)15-12(14)10(13)7-8-16/h9-11,16H,2-8,13H2,1H3. The summed E-state index contributed by atoms with van der Waals surface area (Å²) in [6.07, 6.45) is 6.36. The van der Waals surface area contributed by atoms with E-state index in [9.17, 15) is 4.79 Å². The van der Waals surface area contributed by atoms with Crippen LogP contribution < -0.4 is 5.73 Å². The molecule has 3 unspecified atom stereocenters. The molecular weight excluding hydrogens is 222 g/mol. The second-order valence-electron chi connectivity index (χ2n) is 4.55. The monoisotopic (exact) mass is 245 g/mol. The van der Waals surface area contributed by atoms with Crippen molar-refractivity contribution in [1.82, 2.24) is 0 Å². The molecule has 1 aliphatic rings. The number of carbonyl (C=O) groups is 1.